The molecule has 16 heteroatoms. The van der Waals surface area contributed by atoms with Crippen LogP contribution in [0.2, 0.25) is 0 Å². The summed E-state index contributed by atoms with van der Waals surface area (Å²) in [6, 6.07) is 13.5. The van der Waals surface area contributed by atoms with Gasteiger partial charge in [0.2, 0.25) is 29.5 Å². The lowest BCUT2D eigenvalue weighted by Crippen LogP contribution is -2.49. The average Bonchev–Trinajstić information content (AvgIpc) is 3.01. The number of nitrogens with zero attached hydrogens (tertiary/aromatic N) is 1. The Bertz CT molecular complexity index is 1420. The Labute approximate surface area is 255 Å². The van der Waals surface area contributed by atoms with E-state index in [9.17, 15) is 28.8 Å². The van der Waals surface area contributed by atoms with Gasteiger partial charge in [-0.25, -0.2) is 0 Å². The second-order valence-electron chi connectivity index (χ2n) is 9.70. The van der Waals surface area contributed by atoms with E-state index in [1.54, 1.807) is 12.1 Å². The summed E-state index contributed by atoms with van der Waals surface area (Å²) in [6.45, 7) is 0.460. The molecule has 44 heavy (non-hydrogen) atoms. The highest BCUT2D eigenvalue weighted by molar-refractivity contribution is 7.72. The van der Waals surface area contributed by atoms with Crippen LogP contribution in [0.5, 0.6) is 0 Å². The van der Waals surface area contributed by atoms with E-state index in [4.69, 9.17) is 11.5 Å². The molecule has 15 nitrogen and oxygen atoms in total. The van der Waals surface area contributed by atoms with Crippen LogP contribution in [-0.4, -0.2) is 86.8 Å². The number of guanidine groups is 1. The predicted molar refractivity (Wildman–Crippen MR) is 167 cm³/mol. The number of benzene rings is 2. The van der Waals surface area contributed by atoms with Gasteiger partial charge in [0.05, 0.1) is 26.2 Å². The first kappa shape index (κ1) is 33.5. The van der Waals surface area contributed by atoms with E-state index in [2.05, 4.69) is 36.9 Å². The molecule has 2 bridgehead atoms. The summed E-state index contributed by atoms with van der Waals surface area (Å²) in [5.74, 6) is -3.83. The summed E-state index contributed by atoms with van der Waals surface area (Å²) < 4.78 is 0. The third kappa shape index (κ3) is 10.7. The zero-order chi connectivity index (χ0) is 32.1. The van der Waals surface area contributed by atoms with Gasteiger partial charge < -0.3 is 43.4 Å². The van der Waals surface area contributed by atoms with Crippen LogP contribution >= 0.6 is 7.92 Å². The lowest BCUT2D eigenvalue weighted by molar-refractivity contribution is -0.129. The van der Waals surface area contributed by atoms with E-state index in [1.807, 2.05) is 37.0 Å². The molecule has 0 fully saturated rings. The molecule has 0 radical (unpaired) electrons. The van der Waals surface area contributed by atoms with Gasteiger partial charge in [-0.05, 0) is 50.2 Å². The summed E-state index contributed by atoms with van der Waals surface area (Å²) in [5, 5.41) is 16.7. The Balaban J connectivity index is 1.93. The van der Waals surface area contributed by atoms with Crippen LogP contribution in [0.25, 0.3) is 0 Å². The number of anilines is 1. The van der Waals surface area contributed by atoms with Gasteiger partial charge in [-0.1, -0.05) is 36.4 Å². The molecule has 0 aliphatic carbocycles. The second kappa shape index (κ2) is 16.6. The van der Waals surface area contributed by atoms with Crippen LogP contribution in [-0.2, 0) is 24.0 Å². The molecule has 3 rings (SSSR count). The average molecular weight is 626 g/mol. The fraction of sp³-hybridized carbons (Fsp3) is 0.321. The summed E-state index contributed by atoms with van der Waals surface area (Å²) in [4.78, 5) is 79.7. The SMILES string of the molecule is CP(c1ccccc1)c1ccc2cc1C(=O)NCC(=O)NCC(=O)NCC(=O)NCC(=O)N[C@@H](CCCN=C(N)N)C(=O)N2. The Hall–Kier alpha value is -5.04. The number of carbonyl (C=O) groups excluding carboxylic acids is 6. The van der Waals surface area contributed by atoms with Crippen LogP contribution in [0.3, 0.4) is 0 Å². The minimum Gasteiger partial charge on any atom is -0.370 e. The highest BCUT2D eigenvalue weighted by atomic mass is 31.1. The number of amides is 6. The first-order valence-electron chi connectivity index (χ1n) is 13.7. The predicted octanol–water partition coefficient (Wildman–Crippen LogP) is -2.68. The van der Waals surface area contributed by atoms with E-state index >= 15 is 0 Å². The van der Waals surface area contributed by atoms with Gasteiger partial charge in [-0.15, -0.1) is 0 Å². The Morgan fingerprint density at radius 3 is 2.02 bits per heavy atom. The quantitative estimate of drug-likeness (QED) is 0.0727. The molecule has 1 aliphatic heterocycles. The van der Waals surface area contributed by atoms with E-state index < -0.39 is 75.6 Å². The minimum absolute atomic E-state index is 0.112. The monoisotopic (exact) mass is 625 g/mol. The van der Waals surface area contributed by atoms with Gasteiger partial charge in [-0.3, -0.25) is 33.8 Å². The van der Waals surface area contributed by atoms with Crippen molar-refractivity contribution in [3.05, 3.63) is 54.1 Å². The summed E-state index contributed by atoms with van der Waals surface area (Å²) >= 11 is 0. The Morgan fingerprint density at radius 1 is 0.818 bits per heavy atom. The van der Waals surface area contributed by atoms with Crippen LogP contribution in [0, 0.1) is 0 Å². The van der Waals surface area contributed by atoms with Crippen molar-refractivity contribution in [2.24, 2.45) is 16.5 Å². The highest BCUT2D eigenvalue weighted by Gasteiger charge is 2.24. The van der Waals surface area contributed by atoms with Crippen molar-refractivity contribution in [1.82, 2.24) is 26.6 Å². The van der Waals surface area contributed by atoms with E-state index in [0.717, 1.165) is 5.30 Å². The molecule has 0 aromatic heterocycles. The molecule has 0 saturated carbocycles. The number of nitrogens with two attached hydrogens (primary N) is 2. The standard InChI is InChI=1S/C28H36N9O6P/c1-44(18-6-3-2-4-7-18)21-10-9-17-12-19(21)26(42)35-15-24(40)33-13-22(38)32-14-23(39)34-16-25(41)37-20(27(43)36-17)8-5-11-31-28(29)30/h2-4,6-7,9-10,12,20H,5,8,11,13-16H2,1H3,(H,32,38)(H,33,40)(H,34,39)(H,35,42)(H,36,43)(H,37,41)(H4,29,30,31)/t20-,44?/m0/s1. The molecule has 1 heterocycles. The van der Waals surface area contributed by atoms with Gasteiger partial charge in [-0.2, -0.15) is 0 Å². The van der Waals surface area contributed by atoms with Crippen LogP contribution in [0.1, 0.15) is 23.2 Å². The maximum Gasteiger partial charge on any atom is 0.252 e. The third-order valence-corrected chi connectivity index (χ3v) is 8.54. The number of hydrogen-bond donors (Lipinski definition) is 8. The maximum atomic E-state index is 13.4. The van der Waals surface area contributed by atoms with E-state index in [0.29, 0.717) is 11.7 Å². The third-order valence-electron chi connectivity index (χ3n) is 6.36. The van der Waals surface area contributed by atoms with Crippen molar-refractivity contribution in [1.29, 1.82) is 0 Å². The van der Waals surface area contributed by atoms with E-state index in [-0.39, 0.29) is 30.2 Å². The van der Waals surface area contributed by atoms with Crippen molar-refractivity contribution < 1.29 is 28.8 Å². The number of rotatable bonds is 6. The first-order chi connectivity index (χ1) is 21.0. The number of aliphatic imine (C=N–C) groups is 1. The minimum atomic E-state index is -1.04. The summed E-state index contributed by atoms with van der Waals surface area (Å²) in [7, 11) is -0.993. The molecule has 2 aromatic rings. The Morgan fingerprint density at radius 2 is 1.41 bits per heavy atom. The molecule has 2 aromatic carbocycles. The highest BCUT2D eigenvalue weighted by Crippen LogP contribution is 2.31. The molecule has 0 saturated heterocycles. The van der Waals surface area contributed by atoms with Crippen LogP contribution < -0.4 is 54.0 Å². The molecule has 0 spiro atoms. The fourth-order valence-electron chi connectivity index (χ4n) is 4.11. The summed E-state index contributed by atoms with van der Waals surface area (Å²) in [6.07, 6.45) is 0.508. The topological polar surface area (TPSA) is 239 Å². The van der Waals surface area contributed by atoms with Gasteiger partial charge >= 0.3 is 0 Å². The van der Waals surface area contributed by atoms with Gasteiger partial charge in [0.25, 0.3) is 5.91 Å². The fourth-order valence-corrected chi connectivity index (χ4v) is 5.83. The van der Waals surface area contributed by atoms with Gasteiger partial charge in [0, 0.05) is 17.8 Å². The van der Waals surface area contributed by atoms with Gasteiger partial charge in [0.1, 0.15) is 6.04 Å². The lowest BCUT2D eigenvalue weighted by atomic mass is 10.1. The molecule has 1 aliphatic rings. The molecule has 10 N–H and O–H groups in total. The molecule has 1 unspecified atom stereocenters. The maximum absolute atomic E-state index is 13.4. The van der Waals surface area contributed by atoms with Crippen molar-refractivity contribution >= 4 is 65.6 Å². The number of hydrogen-bond acceptors (Lipinski definition) is 7. The van der Waals surface area contributed by atoms with Crippen LogP contribution in [0.4, 0.5) is 5.69 Å². The second-order valence-corrected chi connectivity index (χ2v) is 11.8. The summed E-state index contributed by atoms with van der Waals surface area (Å²) in [5.41, 5.74) is 11.3. The number of carbonyl (C=O) groups is 6. The lowest BCUT2D eigenvalue weighted by Gasteiger charge is -2.21. The number of nitrogens with one attached hydrogen (secondary N) is 6. The smallest absolute Gasteiger partial charge is 0.252 e. The molecular formula is C28H36N9O6P. The largest absolute Gasteiger partial charge is 0.370 e. The van der Waals surface area contributed by atoms with Crippen molar-refractivity contribution in [2.75, 3.05) is 44.7 Å². The first-order valence-corrected chi connectivity index (χ1v) is 15.5. The normalized spacial score (nSPS) is 17.9. The molecule has 234 valence electrons. The Kier molecular flexibility index (Phi) is 12.6. The van der Waals surface area contributed by atoms with Crippen molar-refractivity contribution in [3.63, 3.8) is 0 Å². The molecular weight excluding hydrogens is 589 g/mol. The zero-order valence-corrected chi connectivity index (χ0v) is 25.0. The van der Waals surface area contributed by atoms with E-state index in [1.165, 1.54) is 6.07 Å². The zero-order valence-electron chi connectivity index (χ0n) is 24.1. The van der Waals surface area contributed by atoms with Crippen molar-refractivity contribution in [3.8, 4) is 0 Å². The molecule has 6 amide bonds. The van der Waals surface area contributed by atoms with Crippen molar-refractivity contribution in [2.45, 2.75) is 18.9 Å². The molecule has 2 atom stereocenters. The van der Waals surface area contributed by atoms with Gasteiger partial charge in [0.15, 0.2) is 5.96 Å². The van der Waals surface area contributed by atoms with Crippen LogP contribution in [0.15, 0.2) is 53.5 Å². The number of fused-ring (bicyclic) bond motifs is 2.